The molecule has 104 valence electrons. The molecule has 0 radical (unpaired) electrons. The number of carbonyl (C=O) groups is 1. The van der Waals surface area contributed by atoms with Crippen LogP contribution in [0, 0.1) is 6.92 Å². The number of hydrogen-bond donors (Lipinski definition) is 1. The Kier molecular flexibility index (Phi) is 4.53. The van der Waals surface area contributed by atoms with Crippen LogP contribution in [0.5, 0.6) is 0 Å². The fraction of sp³-hybridized carbons (Fsp3) is 0.214. The van der Waals surface area contributed by atoms with Gasteiger partial charge in [0, 0.05) is 18.1 Å². The van der Waals surface area contributed by atoms with Crippen LogP contribution in [-0.2, 0) is 11.3 Å². The highest BCUT2D eigenvalue weighted by Gasteiger charge is 2.09. The quantitative estimate of drug-likeness (QED) is 0.880. The Morgan fingerprint density at radius 1 is 1.45 bits per heavy atom. The maximum Gasteiger partial charge on any atom is 0.246 e. The number of H-pyrrole nitrogens is 1. The summed E-state index contributed by atoms with van der Waals surface area (Å²) in [5, 5.41) is 7.35. The molecule has 0 aliphatic rings. The minimum absolute atomic E-state index is 0.132. The number of benzene rings is 1. The lowest BCUT2D eigenvalue weighted by atomic mass is 10.2. The first-order chi connectivity index (χ1) is 9.56. The van der Waals surface area contributed by atoms with Gasteiger partial charge in [-0.3, -0.25) is 9.89 Å². The molecule has 20 heavy (non-hydrogen) atoms. The van der Waals surface area contributed by atoms with Crippen LogP contribution in [0.15, 0.2) is 30.3 Å². The van der Waals surface area contributed by atoms with Crippen molar-refractivity contribution < 1.29 is 4.79 Å². The molecule has 0 fully saturated rings. The van der Waals surface area contributed by atoms with Gasteiger partial charge in [-0.25, -0.2) is 4.98 Å². The summed E-state index contributed by atoms with van der Waals surface area (Å²) in [6, 6.07) is 7.35. The summed E-state index contributed by atoms with van der Waals surface area (Å²) in [4.78, 5) is 17.7. The van der Waals surface area contributed by atoms with Gasteiger partial charge in [0.05, 0.1) is 6.54 Å². The van der Waals surface area contributed by atoms with Crippen LogP contribution >= 0.6 is 11.6 Å². The summed E-state index contributed by atoms with van der Waals surface area (Å²) in [5.74, 6) is 1.18. The predicted molar refractivity (Wildman–Crippen MR) is 78.1 cm³/mol. The van der Waals surface area contributed by atoms with Crippen molar-refractivity contribution in [3.05, 3.63) is 52.6 Å². The summed E-state index contributed by atoms with van der Waals surface area (Å²) in [6.45, 7) is 2.17. The fourth-order valence-electron chi connectivity index (χ4n) is 1.65. The summed E-state index contributed by atoms with van der Waals surface area (Å²) in [7, 11) is 1.70. The molecular formula is C14H15ClN4O. The van der Waals surface area contributed by atoms with Gasteiger partial charge in [-0.05, 0) is 24.6 Å². The Labute approximate surface area is 122 Å². The molecule has 1 aromatic carbocycles. The van der Waals surface area contributed by atoms with Crippen LogP contribution in [0.25, 0.3) is 6.08 Å². The number of halogens is 1. The molecule has 1 amide bonds. The van der Waals surface area contributed by atoms with Gasteiger partial charge < -0.3 is 4.90 Å². The lowest BCUT2D eigenvalue weighted by Crippen LogP contribution is -2.24. The molecule has 1 heterocycles. The summed E-state index contributed by atoms with van der Waals surface area (Å²) >= 11 is 6.02. The van der Waals surface area contributed by atoms with Crippen molar-refractivity contribution in [1.82, 2.24) is 20.1 Å². The smallest absolute Gasteiger partial charge is 0.246 e. The number of aromatic amines is 1. The highest BCUT2D eigenvalue weighted by atomic mass is 35.5. The molecular weight excluding hydrogens is 276 g/mol. The SMILES string of the molecule is Cc1nc(CN(C)C(=O)C=Cc2ccccc2Cl)n[nH]1. The molecule has 0 atom stereocenters. The molecule has 0 aliphatic heterocycles. The van der Waals surface area contributed by atoms with Gasteiger partial charge >= 0.3 is 0 Å². The Morgan fingerprint density at radius 2 is 2.20 bits per heavy atom. The van der Waals surface area contributed by atoms with Gasteiger partial charge in [-0.15, -0.1) is 0 Å². The topological polar surface area (TPSA) is 61.9 Å². The van der Waals surface area contributed by atoms with E-state index in [1.807, 2.05) is 25.1 Å². The lowest BCUT2D eigenvalue weighted by molar-refractivity contribution is -0.125. The first-order valence-electron chi connectivity index (χ1n) is 6.12. The molecule has 2 rings (SSSR count). The zero-order valence-electron chi connectivity index (χ0n) is 11.3. The van der Waals surface area contributed by atoms with Crippen LogP contribution in [0.4, 0.5) is 0 Å². The van der Waals surface area contributed by atoms with Gasteiger partial charge in [0.1, 0.15) is 5.82 Å². The summed E-state index contributed by atoms with van der Waals surface area (Å²) < 4.78 is 0. The second kappa shape index (κ2) is 6.34. The first-order valence-corrected chi connectivity index (χ1v) is 6.49. The third-order valence-electron chi connectivity index (χ3n) is 2.71. The number of carbonyl (C=O) groups excluding carboxylic acids is 1. The Bertz CT molecular complexity index is 636. The highest BCUT2D eigenvalue weighted by Crippen LogP contribution is 2.16. The molecule has 0 spiro atoms. The highest BCUT2D eigenvalue weighted by molar-refractivity contribution is 6.32. The summed E-state index contributed by atoms with van der Waals surface area (Å²) in [5.41, 5.74) is 0.810. The average molecular weight is 291 g/mol. The van der Waals surface area contributed by atoms with E-state index < -0.39 is 0 Å². The van der Waals surface area contributed by atoms with Crippen LogP contribution in [-0.4, -0.2) is 33.0 Å². The number of rotatable bonds is 4. The summed E-state index contributed by atoms with van der Waals surface area (Å²) in [6.07, 6.45) is 3.19. The van der Waals surface area contributed by atoms with E-state index in [0.29, 0.717) is 17.4 Å². The van der Waals surface area contributed by atoms with E-state index in [1.54, 1.807) is 19.2 Å². The molecule has 0 bridgehead atoms. The molecule has 6 heteroatoms. The average Bonchev–Trinajstić information content (AvgIpc) is 2.82. The number of nitrogens with one attached hydrogen (secondary N) is 1. The first kappa shape index (κ1) is 14.3. The van der Waals surface area contributed by atoms with E-state index in [2.05, 4.69) is 15.2 Å². The van der Waals surface area contributed by atoms with E-state index in [4.69, 9.17) is 11.6 Å². The largest absolute Gasteiger partial charge is 0.335 e. The molecule has 1 aromatic heterocycles. The van der Waals surface area contributed by atoms with Crippen molar-refractivity contribution in [2.24, 2.45) is 0 Å². The van der Waals surface area contributed by atoms with Crippen molar-refractivity contribution in [3.63, 3.8) is 0 Å². The Morgan fingerprint density at radius 3 is 2.85 bits per heavy atom. The van der Waals surface area contributed by atoms with Gasteiger partial charge in [0.15, 0.2) is 5.82 Å². The molecule has 2 aromatic rings. The number of amides is 1. The second-order valence-corrected chi connectivity index (χ2v) is 4.79. The Balaban J connectivity index is 1.99. The zero-order chi connectivity index (χ0) is 14.5. The lowest BCUT2D eigenvalue weighted by Gasteiger charge is -2.12. The van der Waals surface area contributed by atoms with Crippen molar-refractivity contribution in [2.75, 3.05) is 7.05 Å². The van der Waals surface area contributed by atoms with Gasteiger partial charge in [0.25, 0.3) is 0 Å². The third kappa shape index (κ3) is 3.68. The second-order valence-electron chi connectivity index (χ2n) is 4.39. The molecule has 0 saturated carbocycles. The van der Waals surface area contributed by atoms with Gasteiger partial charge in [-0.2, -0.15) is 5.10 Å². The Hall–Kier alpha value is -2.14. The van der Waals surface area contributed by atoms with Crippen molar-refractivity contribution in [1.29, 1.82) is 0 Å². The minimum atomic E-state index is -0.132. The number of likely N-dealkylation sites (N-methyl/N-ethyl adjacent to an activating group) is 1. The molecule has 0 saturated heterocycles. The van der Waals surface area contributed by atoms with Crippen molar-refractivity contribution in [2.45, 2.75) is 13.5 Å². The molecule has 5 nitrogen and oxygen atoms in total. The van der Waals surface area contributed by atoms with Gasteiger partial charge in [0.2, 0.25) is 5.91 Å². The monoisotopic (exact) mass is 290 g/mol. The molecule has 0 unspecified atom stereocenters. The predicted octanol–water partition coefficient (Wildman–Crippen LogP) is 2.44. The van der Waals surface area contributed by atoms with Gasteiger partial charge in [-0.1, -0.05) is 29.8 Å². The van der Waals surface area contributed by atoms with Crippen molar-refractivity contribution >= 4 is 23.6 Å². The zero-order valence-corrected chi connectivity index (χ0v) is 12.1. The number of aromatic nitrogens is 3. The van der Waals surface area contributed by atoms with Crippen LogP contribution in [0.2, 0.25) is 5.02 Å². The number of aryl methyl sites for hydroxylation is 1. The van der Waals surface area contributed by atoms with Crippen LogP contribution in [0.1, 0.15) is 17.2 Å². The van der Waals surface area contributed by atoms with E-state index in [0.717, 1.165) is 11.4 Å². The van der Waals surface area contributed by atoms with E-state index >= 15 is 0 Å². The van der Waals surface area contributed by atoms with Crippen molar-refractivity contribution in [3.8, 4) is 0 Å². The number of hydrogen-bond acceptors (Lipinski definition) is 3. The van der Waals surface area contributed by atoms with E-state index in [9.17, 15) is 4.79 Å². The molecule has 0 aliphatic carbocycles. The normalized spacial score (nSPS) is 10.9. The van der Waals surface area contributed by atoms with E-state index in [-0.39, 0.29) is 5.91 Å². The fourth-order valence-corrected chi connectivity index (χ4v) is 1.85. The third-order valence-corrected chi connectivity index (χ3v) is 3.05. The minimum Gasteiger partial charge on any atom is -0.335 e. The van der Waals surface area contributed by atoms with Crippen LogP contribution in [0.3, 0.4) is 0 Å². The maximum atomic E-state index is 12.0. The van der Waals surface area contributed by atoms with Crippen LogP contribution < -0.4 is 0 Å². The maximum absolute atomic E-state index is 12.0. The standard InChI is InChI=1S/C14H15ClN4O/c1-10-16-13(18-17-10)9-19(2)14(20)8-7-11-5-3-4-6-12(11)15/h3-8H,9H2,1-2H3,(H,16,17,18). The molecule has 1 N–H and O–H groups in total. The van der Waals surface area contributed by atoms with E-state index in [1.165, 1.54) is 11.0 Å². The number of nitrogens with zero attached hydrogens (tertiary/aromatic N) is 3.